The molecule has 1 aliphatic rings. The predicted octanol–water partition coefficient (Wildman–Crippen LogP) is 0.776. The van der Waals surface area contributed by atoms with Gasteiger partial charge in [-0.25, -0.2) is 0 Å². The zero-order chi connectivity index (χ0) is 16.1. The molecule has 2 amide bonds. The summed E-state index contributed by atoms with van der Waals surface area (Å²) in [5, 5.41) is 0. The SMILES string of the molecule is COc1ccc([C@H]2CCCN2C(=O)CN(C)CC(N)=O)cc1. The first-order valence-electron chi connectivity index (χ1n) is 7.41. The van der Waals surface area contributed by atoms with E-state index in [4.69, 9.17) is 10.5 Å². The highest BCUT2D eigenvalue weighted by atomic mass is 16.5. The Kier molecular flexibility index (Phi) is 5.38. The van der Waals surface area contributed by atoms with Gasteiger partial charge in [0.15, 0.2) is 0 Å². The van der Waals surface area contributed by atoms with Crippen LogP contribution in [0, 0.1) is 0 Å². The van der Waals surface area contributed by atoms with E-state index in [1.807, 2.05) is 29.2 Å². The van der Waals surface area contributed by atoms with Crippen LogP contribution in [0.25, 0.3) is 0 Å². The van der Waals surface area contributed by atoms with Crippen molar-refractivity contribution in [2.75, 3.05) is 33.8 Å². The molecule has 0 aromatic heterocycles. The van der Waals surface area contributed by atoms with Crippen LogP contribution < -0.4 is 10.5 Å². The standard InChI is InChI=1S/C16H23N3O3/c1-18(10-15(17)20)11-16(21)19-9-3-4-14(19)12-5-7-13(22-2)8-6-12/h5-8,14H,3-4,9-11H2,1-2H3,(H2,17,20)/t14-/m1/s1. The minimum absolute atomic E-state index is 0.0297. The molecule has 1 heterocycles. The lowest BCUT2D eigenvalue weighted by molar-refractivity contribution is -0.133. The van der Waals surface area contributed by atoms with Crippen molar-refractivity contribution in [1.29, 1.82) is 0 Å². The summed E-state index contributed by atoms with van der Waals surface area (Å²) < 4.78 is 5.16. The molecule has 1 saturated heterocycles. The Balaban J connectivity index is 2.02. The van der Waals surface area contributed by atoms with Gasteiger partial charge in [-0.15, -0.1) is 0 Å². The van der Waals surface area contributed by atoms with Gasteiger partial charge in [0.05, 0.1) is 26.2 Å². The van der Waals surface area contributed by atoms with Crippen LogP contribution in [-0.4, -0.2) is 55.4 Å². The lowest BCUT2D eigenvalue weighted by Crippen LogP contribution is -2.41. The molecule has 0 spiro atoms. The van der Waals surface area contributed by atoms with Crippen molar-refractivity contribution in [3.8, 4) is 5.75 Å². The molecule has 6 heteroatoms. The number of carbonyl (C=O) groups is 2. The first-order chi connectivity index (χ1) is 10.5. The fourth-order valence-electron chi connectivity index (χ4n) is 2.88. The molecule has 0 bridgehead atoms. The average molecular weight is 305 g/mol. The van der Waals surface area contributed by atoms with Gasteiger partial charge < -0.3 is 15.4 Å². The Morgan fingerprint density at radius 1 is 1.32 bits per heavy atom. The number of likely N-dealkylation sites (N-methyl/N-ethyl adjacent to an activating group) is 1. The number of hydrogen-bond donors (Lipinski definition) is 1. The van der Waals surface area contributed by atoms with Crippen LogP contribution in [0.1, 0.15) is 24.4 Å². The van der Waals surface area contributed by atoms with Crippen LogP contribution in [0.15, 0.2) is 24.3 Å². The number of benzene rings is 1. The van der Waals surface area contributed by atoms with Crippen molar-refractivity contribution in [3.63, 3.8) is 0 Å². The Morgan fingerprint density at radius 2 is 2.00 bits per heavy atom. The molecule has 0 saturated carbocycles. The topological polar surface area (TPSA) is 75.9 Å². The van der Waals surface area contributed by atoms with Gasteiger partial charge in [-0.2, -0.15) is 0 Å². The number of nitrogens with zero attached hydrogens (tertiary/aromatic N) is 2. The van der Waals surface area contributed by atoms with Crippen LogP contribution in [0.4, 0.5) is 0 Å². The van der Waals surface area contributed by atoms with Crippen molar-refractivity contribution >= 4 is 11.8 Å². The second kappa shape index (κ2) is 7.26. The molecule has 1 atom stereocenters. The summed E-state index contributed by atoms with van der Waals surface area (Å²) in [6, 6.07) is 7.93. The van der Waals surface area contributed by atoms with E-state index in [0.717, 1.165) is 30.7 Å². The minimum atomic E-state index is -0.427. The molecule has 1 aliphatic heterocycles. The average Bonchev–Trinajstić information content (AvgIpc) is 2.96. The minimum Gasteiger partial charge on any atom is -0.497 e. The second-order valence-corrected chi connectivity index (χ2v) is 5.66. The van der Waals surface area contributed by atoms with Gasteiger partial charge in [-0.05, 0) is 37.6 Å². The molecule has 2 N–H and O–H groups in total. The van der Waals surface area contributed by atoms with E-state index in [-0.39, 0.29) is 25.0 Å². The third-order valence-electron chi connectivity index (χ3n) is 3.90. The fourth-order valence-corrected chi connectivity index (χ4v) is 2.88. The number of ether oxygens (including phenoxy) is 1. The molecule has 0 aliphatic carbocycles. The third kappa shape index (κ3) is 3.98. The van der Waals surface area contributed by atoms with E-state index in [1.165, 1.54) is 0 Å². The number of rotatable bonds is 6. The quantitative estimate of drug-likeness (QED) is 0.842. The van der Waals surface area contributed by atoms with Crippen LogP contribution in [0.5, 0.6) is 5.75 Å². The van der Waals surface area contributed by atoms with Gasteiger partial charge in [0.2, 0.25) is 11.8 Å². The van der Waals surface area contributed by atoms with Crippen LogP contribution in [-0.2, 0) is 9.59 Å². The van der Waals surface area contributed by atoms with Crippen molar-refractivity contribution in [1.82, 2.24) is 9.80 Å². The maximum Gasteiger partial charge on any atom is 0.237 e. The van der Waals surface area contributed by atoms with Gasteiger partial charge in [-0.1, -0.05) is 12.1 Å². The lowest BCUT2D eigenvalue weighted by atomic mass is 10.0. The molecule has 2 rings (SSSR count). The van der Waals surface area contributed by atoms with Gasteiger partial charge in [0.25, 0.3) is 0 Å². The van der Waals surface area contributed by atoms with E-state index in [0.29, 0.717) is 0 Å². The number of nitrogens with two attached hydrogens (primary N) is 1. The van der Waals surface area contributed by atoms with Crippen LogP contribution in [0.2, 0.25) is 0 Å². The van der Waals surface area contributed by atoms with Crippen molar-refractivity contribution in [2.45, 2.75) is 18.9 Å². The highest BCUT2D eigenvalue weighted by Gasteiger charge is 2.30. The van der Waals surface area contributed by atoms with Gasteiger partial charge in [-0.3, -0.25) is 14.5 Å². The van der Waals surface area contributed by atoms with Gasteiger partial charge in [0.1, 0.15) is 5.75 Å². The monoisotopic (exact) mass is 305 g/mol. The zero-order valence-electron chi connectivity index (χ0n) is 13.1. The molecule has 0 unspecified atom stereocenters. The number of amides is 2. The fraction of sp³-hybridized carbons (Fsp3) is 0.500. The van der Waals surface area contributed by atoms with Crippen LogP contribution in [0.3, 0.4) is 0 Å². The summed E-state index contributed by atoms with van der Waals surface area (Å²) in [6.07, 6.45) is 1.94. The number of primary amides is 1. The second-order valence-electron chi connectivity index (χ2n) is 5.66. The van der Waals surface area contributed by atoms with Crippen molar-refractivity contribution in [2.24, 2.45) is 5.73 Å². The van der Waals surface area contributed by atoms with E-state index in [1.54, 1.807) is 19.1 Å². The van der Waals surface area contributed by atoms with Crippen molar-refractivity contribution < 1.29 is 14.3 Å². The molecule has 1 fully saturated rings. The molecule has 120 valence electrons. The largest absolute Gasteiger partial charge is 0.497 e. The summed E-state index contributed by atoms with van der Waals surface area (Å²) >= 11 is 0. The van der Waals surface area contributed by atoms with E-state index < -0.39 is 5.91 Å². The Morgan fingerprint density at radius 3 is 2.59 bits per heavy atom. The number of likely N-dealkylation sites (tertiary alicyclic amines) is 1. The Hall–Kier alpha value is -2.08. The molecule has 6 nitrogen and oxygen atoms in total. The van der Waals surface area contributed by atoms with E-state index in [2.05, 4.69) is 0 Å². The highest BCUT2D eigenvalue weighted by molar-refractivity contribution is 5.81. The van der Waals surface area contributed by atoms with Gasteiger partial charge >= 0.3 is 0 Å². The maximum absolute atomic E-state index is 12.5. The first kappa shape index (κ1) is 16.3. The Bertz CT molecular complexity index is 530. The summed E-state index contributed by atoms with van der Waals surface area (Å²) in [6.45, 7) is 1.04. The Labute approximate surface area is 130 Å². The zero-order valence-corrected chi connectivity index (χ0v) is 13.1. The summed E-state index contributed by atoms with van der Waals surface area (Å²) in [7, 11) is 3.36. The molecule has 0 radical (unpaired) electrons. The molecule has 1 aromatic carbocycles. The smallest absolute Gasteiger partial charge is 0.237 e. The highest BCUT2D eigenvalue weighted by Crippen LogP contribution is 2.32. The maximum atomic E-state index is 12.5. The lowest BCUT2D eigenvalue weighted by Gasteiger charge is -2.27. The normalized spacial score (nSPS) is 17.8. The van der Waals surface area contributed by atoms with Gasteiger partial charge in [0, 0.05) is 6.54 Å². The molecule has 1 aromatic rings. The van der Waals surface area contributed by atoms with Crippen molar-refractivity contribution in [3.05, 3.63) is 29.8 Å². The summed E-state index contributed by atoms with van der Waals surface area (Å²) in [5.41, 5.74) is 6.27. The number of hydrogen-bond acceptors (Lipinski definition) is 4. The third-order valence-corrected chi connectivity index (χ3v) is 3.90. The van der Waals surface area contributed by atoms with Crippen LogP contribution >= 0.6 is 0 Å². The predicted molar refractivity (Wildman–Crippen MR) is 83.4 cm³/mol. The molecule has 22 heavy (non-hydrogen) atoms. The molecular weight excluding hydrogens is 282 g/mol. The summed E-state index contributed by atoms with van der Waals surface area (Å²) in [4.78, 5) is 26.9. The molecular formula is C16H23N3O3. The number of carbonyl (C=O) groups excluding carboxylic acids is 2. The van der Waals surface area contributed by atoms with E-state index >= 15 is 0 Å². The first-order valence-corrected chi connectivity index (χ1v) is 7.41. The van der Waals surface area contributed by atoms with E-state index in [9.17, 15) is 9.59 Å². The summed E-state index contributed by atoms with van der Waals surface area (Å²) in [5.74, 6) is 0.409. The number of methoxy groups -OCH3 is 1.